The molecule has 35 heavy (non-hydrogen) atoms. The number of fused-ring (bicyclic) bond motifs is 1. The Kier molecular flexibility index (Phi) is 6.07. The number of hydrogen-bond donors (Lipinski definition) is 0. The first-order valence-corrected chi connectivity index (χ1v) is 11.7. The molecular formula is C26H25N3O6. The SMILES string of the molecule is CCOc1cc(C=NN2C(=O)C3C4C=CC(CC4)C3C2=O)ccc1OCc1ccc([N+](=O)[O-])cc1. The number of imide groups is 1. The maximum Gasteiger partial charge on any atom is 0.269 e. The highest BCUT2D eigenvalue weighted by atomic mass is 16.6. The molecule has 2 aromatic carbocycles. The van der Waals surface area contributed by atoms with Crippen molar-refractivity contribution in [3.63, 3.8) is 0 Å². The molecule has 180 valence electrons. The van der Waals surface area contributed by atoms with E-state index in [-0.39, 0.29) is 47.8 Å². The van der Waals surface area contributed by atoms with E-state index in [4.69, 9.17) is 9.47 Å². The van der Waals surface area contributed by atoms with Crippen molar-refractivity contribution in [2.75, 3.05) is 6.61 Å². The van der Waals surface area contributed by atoms with Crippen LogP contribution in [0.4, 0.5) is 5.69 Å². The van der Waals surface area contributed by atoms with Crippen LogP contribution in [0.15, 0.2) is 59.7 Å². The zero-order valence-corrected chi connectivity index (χ0v) is 19.2. The van der Waals surface area contributed by atoms with Crippen LogP contribution in [0.1, 0.15) is 30.9 Å². The average Bonchev–Trinajstić information content (AvgIpc) is 3.15. The first-order chi connectivity index (χ1) is 17.0. The van der Waals surface area contributed by atoms with E-state index in [1.807, 2.05) is 6.92 Å². The van der Waals surface area contributed by atoms with Gasteiger partial charge in [0.2, 0.25) is 0 Å². The first kappa shape index (κ1) is 22.8. The van der Waals surface area contributed by atoms with E-state index in [1.54, 1.807) is 30.3 Å². The number of nitro groups is 1. The fourth-order valence-corrected chi connectivity index (χ4v) is 5.16. The molecule has 4 atom stereocenters. The first-order valence-electron chi connectivity index (χ1n) is 11.7. The van der Waals surface area contributed by atoms with Gasteiger partial charge in [-0.25, -0.2) is 0 Å². The fraction of sp³-hybridized carbons (Fsp3) is 0.346. The lowest BCUT2D eigenvalue weighted by atomic mass is 9.63. The molecule has 4 unspecified atom stereocenters. The summed E-state index contributed by atoms with van der Waals surface area (Å²) in [7, 11) is 0. The fourth-order valence-electron chi connectivity index (χ4n) is 5.16. The monoisotopic (exact) mass is 475 g/mol. The van der Waals surface area contributed by atoms with Crippen LogP contribution in [0.25, 0.3) is 0 Å². The third-order valence-corrected chi connectivity index (χ3v) is 6.87. The van der Waals surface area contributed by atoms with Crippen LogP contribution in [0.3, 0.4) is 0 Å². The largest absolute Gasteiger partial charge is 0.490 e. The highest BCUT2D eigenvalue weighted by Crippen LogP contribution is 2.49. The van der Waals surface area contributed by atoms with Crippen LogP contribution in [-0.2, 0) is 16.2 Å². The Labute approximate surface area is 202 Å². The van der Waals surface area contributed by atoms with Crippen LogP contribution in [0, 0.1) is 33.8 Å². The van der Waals surface area contributed by atoms with Crippen LogP contribution in [-0.4, -0.2) is 34.6 Å². The van der Waals surface area contributed by atoms with Gasteiger partial charge in [0.1, 0.15) is 6.61 Å². The third kappa shape index (κ3) is 4.29. The van der Waals surface area contributed by atoms with Gasteiger partial charge in [-0.05, 0) is 73.1 Å². The van der Waals surface area contributed by atoms with Gasteiger partial charge in [0, 0.05) is 12.1 Å². The van der Waals surface area contributed by atoms with Gasteiger partial charge in [0.15, 0.2) is 11.5 Å². The predicted octanol–water partition coefficient (Wildman–Crippen LogP) is 4.10. The molecule has 1 aliphatic heterocycles. The van der Waals surface area contributed by atoms with Crippen LogP contribution < -0.4 is 9.47 Å². The topological polar surface area (TPSA) is 111 Å². The second kappa shape index (κ2) is 9.32. The molecule has 1 saturated heterocycles. The smallest absolute Gasteiger partial charge is 0.269 e. The van der Waals surface area contributed by atoms with Crippen molar-refractivity contribution in [1.29, 1.82) is 0 Å². The average molecular weight is 476 g/mol. The number of ether oxygens (including phenoxy) is 2. The quantitative estimate of drug-likeness (QED) is 0.187. The van der Waals surface area contributed by atoms with Gasteiger partial charge < -0.3 is 9.47 Å². The maximum absolute atomic E-state index is 12.9. The van der Waals surface area contributed by atoms with E-state index in [1.165, 1.54) is 18.3 Å². The van der Waals surface area contributed by atoms with Gasteiger partial charge in [-0.3, -0.25) is 19.7 Å². The van der Waals surface area contributed by atoms with E-state index < -0.39 is 4.92 Å². The zero-order valence-electron chi connectivity index (χ0n) is 19.2. The maximum atomic E-state index is 12.9. The summed E-state index contributed by atoms with van der Waals surface area (Å²) in [5.74, 6) is 0.219. The summed E-state index contributed by atoms with van der Waals surface area (Å²) in [6.07, 6.45) is 7.54. The molecule has 0 radical (unpaired) electrons. The van der Waals surface area contributed by atoms with Crippen molar-refractivity contribution in [3.05, 3.63) is 75.9 Å². The number of amides is 2. The van der Waals surface area contributed by atoms with Gasteiger partial charge in [0.05, 0.1) is 29.6 Å². The summed E-state index contributed by atoms with van der Waals surface area (Å²) < 4.78 is 11.6. The van der Waals surface area contributed by atoms with E-state index >= 15 is 0 Å². The Hall–Kier alpha value is -4.01. The van der Waals surface area contributed by atoms with Crippen molar-refractivity contribution in [3.8, 4) is 11.5 Å². The summed E-state index contributed by atoms with van der Waals surface area (Å²) in [4.78, 5) is 36.2. The zero-order chi connectivity index (χ0) is 24.5. The minimum absolute atomic E-state index is 0.0190. The lowest BCUT2D eigenvalue weighted by Crippen LogP contribution is -2.38. The highest BCUT2D eigenvalue weighted by molar-refractivity contribution is 6.06. The number of non-ortho nitro benzene ring substituents is 1. The molecule has 0 N–H and O–H groups in total. The minimum Gasteiger partial charge on any atom is -0.490 e. The number of hydrazone groups is 1. The van der Waals surface area contributed by atoms with Gasteiger partial charge in [-0.2, -0.15) is 10.1 Å². The molecule has 4 aliphatic rings. The summed E-state index contributed by atoms with van der Waals surface area (Å²) in [5, 5.41) is 16.1. The Morgan fingerprint density at radius 3 is 2.23 bits per heavy atom. The van der Waals surface area contributed by atoms with Crippen LogP contribution >= 0.6 is 0 Å². The summed E-state index contributed by atoms with van der Waals surface area (Å²) in [6, 6.07) is 11.4. The minimum atomic E-state index is -0.448. The normalized spacial score (nSPS) is 24.8. The molecule has 9 heteroatoms. The molecule has 2 aromatic rings. The molecule has 2 amide bonds. The second-order valence-corrected chi connectivity index (χ2v) is 8.93. The van der Waals surface area contributed by atoms with Crippen LogP contribution in [0.5, 0.6) is 11.5 Å². The van der Waals surface area contributed by atoms with Gasteiger partial charge in [-0.1, -0.05) is 12.2 Å². The van der Waals surface area contributed by atoms with E-state index in [9.17, 15) is 19.7 Å². The second-order valence-electron chi connectivity index (χ2n) is 8.93. The highest BCUT2D eigenvalue weighted by Gasteiger charge is 2.56. The molecular weight excluding hydrogens is 450 g/mol. The molecule has 0 aromatic heterocycles. The van der Waals surface area contributed by atoms with Crippen molar-refractivity contribution < 1.29 is 24.0 Å². The molecule has 9 nitrogen and oxygen atoms in total. The lowest BCUT2D eigenvalue weighted by molar-refractivity contribution is -0.384. The number of nitro benzene ring substituents is 1. The van der Waals surface area contributed by atoms with E-state index in [0.29, 0.717) is 23.7 Å². The van der Waals surface area contributed by atoms with Crippen molar-refractivity contribution in [2.24, 2.45) is 28.8 Å². The van der Waals surface area contributed by atoms with E-state index in [2.05, 4.69) is 17.3 Å². The molecule has 1 saturated carbocycles. The summed E-state index contributed by atoms with van der Waals surface area (Å²) in [6.45, 7) is 2.48. The Balaban J connectivity index is 1.29. The Bertz CT molecular complexity index is 1190. The van der Waals surface area contributed by atoms with Gasteiger partial charge in [0.25, 0.3) is 17.5 Å². The van der Waals surface area contributed by atoms with Crippen molar-refractivity contribution in [2.45, 2.75) is 26.4 Å². The van der Waals surface area contributed by atoms with Crippen molar-refractivity contribution >= 4 is 23.7 Å². The number of allylic oxidation sites excluding steroid dienone is 2. The van der Waals surface area contributed by atoms with E-state index in [0.717, 1.165) is 23.4 Å². The molecule has 2 bridgehead atoms. The van der Waals surface area contributed by atoms with Gasteiger partial charge in [-0.15, -0.1) is 0 Å². The third-order valence-electron chi connectivity index (χ3n) is 6.87. The molecule has 3 aliphatic carbocycles. The number of rotatable bonds is 8. The Morgan fingerprint density at radius 2 is 1.66 bits per heavy atom. The molecule has 0 spiro atoms. The number of carbonyl (C=O) groups excluding carboxylic acids is 2. The van der Waals surface area contributed by atoms with Crippen molar-refractivity contribution in [1.82, 2.24) is 5.01 Å². The number of carbonyl (C=O) groups is 2. The van der Waals surface area contributed by atoms with Gasteiger partial charge >= 0.3 is 0 Å². The molecule has 1 heterocycles. The standard InChI is InChI=1S/C26H25N3O6/c1-2-34-22-13-17(5-12-21(22)35-15-16-3-10-20(11-4-16)29(32)33)14-27-28-25(30)23-18-6-7-19(9-8-18)24(23)26(28)31/h3-7,10-14,18-19,23-24H,2,8-9,15H2,1H3. The number of hydrogen-bond acceptors (Lipinski definition) is 7. The predicted molar refractivity (Wildman–Crippen MR) is 127 cm³/mol. The number of nitrogens with zero attached hydrogens (tertiary/aromatic N) is 3. The Morgan fingerprint density at radius 1 is 1.00 bits per heavy atom. The number of benzene rings is 2. The lowest BCUT2D eigenvalue weighted by Gasteiger charge is -2.37. The molecule has 6 rings (SSSR count). The van der Waals surface area contributed by atoms with Crippen LogP contribution in [0.2, 0.25) is 0 Å². The summed E-state index contributed by atoms with van der Waals surface area (Å²) in [5.41, 5.74) is 1.46. The molecule has 2 fully saturated rings. The summed E-state index contributed by atoms with van der Waals surface area (Å²) >= 11 is 0.